The monoisotopic (exact) mass is 303 g/mol. The lowest BCUT2D eigenvalue weighted by molar-refractivity contribution is 0.273. The molecule has 0 aromatic heterocycles. The summed E-state index contributed by atoms with van der Waals surface area (Å²) < 4.78 is 21.7. The molecular weight excluding hydrogens is 280 g/mol. The minimum Gasteiger partial charge on any atom is -0.324 e. The fraction of sp³-hybridized carbons (Fsp3) is 1.00. The molecule has 0 bridgehead atoms. The molecule has 0 aromatic rings. The van der Waals surface area contributed by atoms with Crippen molar-refractivity contribution in [1.29, 1.82) is 0 Å². The van der Waals surface area contributed by atoms with E-state index in [1.165, 1.54) is 0 Å². The van der Waals surface area contributed by atoms with Crippen molar-refractivity contribution in [2.75, 3.05) is 19.1 Å². The van der Waals surface area contributed by atoms with Gasteiger partial charge in [-0.05, 0) is 13.0 Å². The van der Waals surface area contributed by atoms with E-state index in [0.717, 1.165) is 30.6 Å². The Morgan fingerprint density at radius 2 is 1.28 bits per heavy atom. The Morgan fingerprint density at radius 3 is 1.67 bits per heavy atom. The molecule has 0 aliphatic rings. The minimum atomic E-state index is -4.29. The van der Waals surface area contributed by atoms with Crippen LogP contribution in [0.1, 0.15) is 39.0 Å². The molecule has 7 nitrogen and oxygen atoms in total. The van der Waals surface area contributed by atoms with Crippen molar-refractivity contribution in [3.8, 4) is 0 Å². The summed E-state index contributed by atoms with van der Waals surface area (Å²) in [5, 5.41) is 0. The first-order chi connectivity index (χ1) is 8.14. The summed E-state index contributed by atoms with van der Waals surface area (Å²) in [6.07, 6.45) is 3.58. The van der Waals surface area contributed by atoms with Crippen LogP contribution in [-0.2, 0) is 9.13 Å². The molecule has 0 aliphatic carbocycles. The van der Waals surface area contributed by atoms with Crippen molar-refractivity contribution in [1.82, 2.24) is 4.90 Å². The first-order valence-corrected chi connectivity index (χ1v) is 9.55. The van der Waals surface area contributed by atoms with E-state index in [1.807, 2.05) is 0 Å². The summed E-state index contributed by atoms with van der Waals surface area (Å²) in [6.45, 7) is 2.37. The van der Waals surface area contributed by atoms with Gasteiger partial charge in [0.25, 0.3) is 0 Å². The van der Waals surface area contributed by atoms with Crippen molar-refractivity contribution >= 4 is 15.2 Å². The van der Waals surface area contributed by atoms with Crippen molar-refractivity contribution in [2.24, 2.45) is 0 Å². The molecule has 0 aromatic carbocycles. The highest BCUT2D eigenvalue weighted by Gasteiger charge is 2.25. The van der Waals surface area contributed by atoms with Gasteiger partial charge in [-0.1, -0.05) is 32.6 Å². The molecule has 0 heterocycles. The number of unbranched alkanes of at least 4 members (excludes halogenated alkanes) is 4. The first kappa shape index (κ1) is 18.3. The molecule has 0 fully saturated rings. The maximum absolute atomic E-state index is 10.9. The third-order valence-corrected chi connectivity index (χ3v) is 3.88. The molecule has 0 aliphatic heterocycles. The van der Waals surface area contributed by atoms with Crippen LogP contribution >= 0.6 is 15.2 Å². The molecule has 0 amide bonds. The van der Waals surface area contributed by atoms with Crippen LogP contribution in [-0.4, -0.2) is 43.6 Å². The molecule has 0 radical (unpaired) electrons. The van der Waals surface area contributed by atoms with E-state index >= 15 is 0 Å². The number of rotatable bonds is 10. The fourth-order valence-corrected chi connectivity index (χ4v) is 3.33. The topological polar surface area (TPSA) is 118 Å². The molecule has 0 rings (SSSR count). The largest absolute Gasteiger partial charge is 0.339 e. The summed E-state index contributed by atoms with van der Waals surface area (Å²) in [7, 11) is -8.57. The van der Waals surface area contributed by atoms with Crippen LogP contribution in [0.15, 0.2) is 0 Å². The molecule has 9 heteroatoms. The second kappa shape index (κ2) is 8.43. The molecule has 4 N–H and O–H groups in total. The van der Waals surface area contributed by atoms with Crippen molar-refractivity contribution in [2.45, 2.75) is 39.0 Å². The normalized spacial score (nSPS) is 13.2. The summed E-state index contributed by atoms with van der Waals surface area (Å²) in [5.74, 6) is 0. The highest BCUT2D eigenvalue weighted by atomic mass is 31.2. The average molecular weight is 303 g/mol. The van der Waals surface area contributed by atoms with Crippen molar-refractivity contribution in [3.05, 3.63) is 0 Å². The zero-order valence-electron chi connectivity index (χ0n) is 10.6. The Bertz CT molecular complexity index is 288. The lowest BCUT2D eigenvalue weighted by Gasteiger charge is -2.22. The maximum Gasteiger partial charge on any atom is 0.339 e. The molecule has 0 spiro atoms. The summed E-state index contributed by atoms with van der Waals surface area (Å²) in [6, 6.07) is 0. The molecule has 0 saturated carbocycles. The quantitative estimate of drug-likeness (QED) is 0.357. The summed E-state index contributed by atoms with van der Waals surface area (Å²) in [4.78, 5) is 36.5. The molecule has 0 saturated heterocycles. The predicted molar refractivity (Wildman–Crippen MR) is 69.3 cm³/mol. The molecule has 110 valence electrons. The maximum atomic E-state index is 10.9. The van der Waals surface area contributed by atoms with Gasteiger partial charge in [0.1, 0.15) is 12.6 Å². The highest BCUT2D eigenvalue weighted by Crippen LogP contribution is 2.40. The van der Waals surface area contributed by atoms with E-state index < -0.39 is 27.8 Å². The summed E-state index contributed by atoms with van der Waals surface area (Å²) >= 11 is 0. The van der Waals surface area contributed by atoms with Gasteiger partial charge in [-0.15, -0.1) is 0 Å². The standard InChI is InChI=1S/C9H23NO6P2/c1-2-3-4-5-6-7-10(8-17(11,12)13)9-18(14,15)16/h2-9H2,1H3,(H2,11,12,13)(H2,14,15,16). The minimum absolute atomic E-state index is 0.292. The van der Waals surface area contributed by atoms with Gasteiger partial charge in [0, 0.05) is 0 Å². The van der Waals surface area contributed by atoms with Gasteiger partial charge < -0.3 is 19.6 Å². The van der Waals surface area contributed by atoms with Gasteiger partial charge in [-0.3, -0.25) is 14.0 Å². The third kappa shape index (κ3) is 12.7. The van der Waals surface area contributed by atoms with Crippen LogP contribution in [0.4, 0.5) is 0 Å². The Morgan fingerprint density at radius 1 is 0.833 bits per heavy atom. The van der Waals surface area contributed by atoms with Crippen molar-refractivity contribution in [3.63, 3.8) is 0 Å². The smallest absolute Gasteiger partial charge is 0.324 e. The van der Waals surface area contributed by atoms with Gasteiger partial charge in [-0.25, -0.2) is 0 Å². The average Bonchev–Trinajstić information content (AvgIpc) is 2.12. The second-order valence-electron chi connectivity index (χ2n) is 4.42. The number of hydrogen-bond acceptors (Lipinski definition) is 3. The highest BCUT2D eigenvalue weighted by molar-refractivity contribution is 7.52. The van der Waals surface area contributed by atoms with Gasteiger partial charge in [0.15, 0.2) is 0 Å². The van der Waals surface area contributed by atoms with Crippen LogP contribution in [0.2, 0.25) is 0 Å². The zero-order chi connectivity index (χ0) is 14.2. The lowest BCUT2D eigenvalue weighted by atomic mass is 10.1. The Balaban J connectivity index is 4.14. The fourth-order valence-electron chi connectivity index (χ4n) is 1.65. The first-order valence-electron chi connectivity index (χ1n) is 5.95. The van der Waals surface area contributed by atoms with Crippen LogP contribution in [0.25, 0.3) is 0 Å². The van der Waals surface area contributed by atoms with Crippen LogP contribution in [0.5, 0.6) is 0 Å². The number of nitrogens with zero attached hydrogens (tertiary/aromatic N) is 1. The third-order valence-electron chi connectivity index (χ3n) is 2.35. The van der Waals surface area contributed by atoms with Gasteiger partial charge in [0.05, 0.1) is 0 Å². The zero-order valence-corrected chi connectivity index (χ0v) is 12.4. The Kier molecular flexibility index (Phi) is 8.56. The predicted octanol–water partition coefficient (Wildman–Crippen LogP) is 1.53. The van der Waals surface area contributed by atoms with E-state index in [2.05, 4.69) is 6.92 Å². The Labute approximate surface area is 108 Å². The van der Waals surface area contributed by atoms with Crippen LogP contribution in [0, 0.1) is 0 Å². The van der Waals surface area contributed by atoms with Crippen LogP contribution in [0.3, 0.4) is 0 Å². The van der Waals surface area contributed by atoms with E-state index in [0.29, 0.717) is 13.0 Å². The molecular formula is C9H23NO6P2. The van der Waals surface area contributed by atoms with E-state index in [4.69, 9.17) is 19.6 Å². The van der Waals surface area contributed by atoms with E-state index in [-0.39, 0.29) is 0 Å². The van der Waals surface area contributed by atoms with Crippen LogP contribution < -0.4 is 0 Å². The van der Waals surface area contributed by atoms with Gasteiger partial charge >= 0.3 is 15.2 Å². The molecule has 18 heavy (non-hydrogen) atoms. The molecule has 0 unspecified atom stereocenters. The Hall–Kier alpha value is 0.260. The van der Waals surface area contributed by atoms with E-state index in [1.54, 1.807) is 0 Å². The molecule has 0 atom stereocenters. The summed E-state index contributed by atoms with van der Waals surface area (Å²) in [5.41, 5.74) is 0. The van der Waals surface area contributed by atoms with Gasteiger partial charge in [-0.2, -0.15) is 0 Å². The second-order valence-corrected chi connectivity index (χ2v) is 7.65. The van der Waals surface area contributed by atoms with E-state index in [9.17, 15) is 9.13 Å². The van der Waals surface area contributed by atoms with Gasteiger partial charge in [0.2, 0.25) is 0 Å². The van der Waals surface area contributed by atoms with Crippen molar-refractivity contribution < 1.29 is 28.7 Å². The SMILES string of the molecule is CCCCCCCN(CP(=O)(O)O)CP(=O)(O)O. The lowest BCUT2D eigenvalue weighted by Crippen LogP contribution is -2.27. The number of hydrogen-bond donors (Lipinski definition) is 4.